The predicted molar refractivity (Wildman–Crippen MR) is 136 cm³/mol. The van der Waals surface area contributed by atoms with Crippen molar-refractivity contribution in [3.05, 3.63) is 106 Å². The fourth-order valence-corrected chi connectivity index (χ4v) is 5.01. The number of aliphatic hydroxyl groups excluding tert-OH is 1. The van der Waals surface area contributed by atoms with Crippen LogP contribution < -0.4 is 9.64 Å². The van der Waals surface area contributed by atoms with Crippen LogP contribution in [0.25, 0.3) is 16.5 Å². The van der Waals surface area contributed by atoms with Crippen molar-refractivity contribution in [2.45, 2.75) is 6.04 Å². The van der Waals surface area contributed by atoms with Gasteiger partial charge < -0.3 is 9.84 Å². The number of amides is 1. The molecule has 5 rings (SSSR count). The normalized spacial score (nSPS) is 17.2. The third-order valence-corrected chi connectivity index (χ3v) is 6.48. The zero-order chi connectivity index (χ0) is 24.7. The number of fused-ring (bicyclic) bond motifs is 1. The lowest BCUT2D eigenvalue weighted by molar-refractivity contribution is -0.132. The number of benzene rings is 3. The molecule has 6 nitrogen and oxygen atoms in total. The number of methoxy groups -OCH3 is 1. The average molecular weight is 505 g/mol. The largest absolute Gasteiger partial charge is 0.507 e. The van der Waals surface area contributed by atoms with E-state index in [2.05, 4.69) is 4.98 Å². The van der Waals surface area contributed by atoms with Crippen LogP contribution in [0.15, 0.2) is 84.6 Å². The van der Waals surface area contributed by atoms with Gasteiger partial charge in [0.2, 0.25) is 0 Å². The van der Waals surface area contributed by atoms with E-state index in [1.165, 1.54) is 24.1 Å². The molecule has 174 valence electrons. The third kappa shape index (κ3) is 3.81. The van der Waals surface area contributed by atoms with Gasteiger partial charge in [-0.25, -0.2) is 0 Å². The summed E-state index contributed by atoms with van der Waals surface area (Å²) in [5.41, 5.74) is 1.02. The number of hydrogen-bond donors (Lipinski definition) is 1. The molecule has 1 unspecified atom stereocenters. The number of carbonyl (C=O) groups is 2. The minimum atomic E-state index is -0.971. The molecule has 1 saturated heterocycles. The number of anilines is 1. The van der Waals surface area contributed by atoms with E-state index in [1.54, 1.807) is 30.5 Å². The second-order valence-corrected chi connectivity index (χ2v) is 8.71. The van der Waals surface area contributed by atoms with Crippen molar-refractivity contribution in [2.24, 2.45) is 0 Å². The minimum Gasteiger partial charge on any atom is -0.507 e. The molecule has 0 aliphatic carbocycles. The van der Waals surface area contributed by atoms with Crippen molar-refractivity contribution < 1.29 is 19.4 Å². The number of ether oxygens (including phenoxy) is 1. The van der Waals surface area contributed by atoms with E-state index in [0.29, 0.717) is 11.4 Å². The molecule has 1 aromatic heterocycles. The number of Topliss-reactive ketones (excluding diaryl/α,β-unsaturated/α-hetero) is 1. The topological polar surface area (TPSA) is 79.7 Å². The van der Waals surface area contributed by atoms with Gasteiger partial charge in [-0.05, 0) is 35.7 Å². The average Bonchev–Trinajstić information content (AvgIpc) is 3.13. The molecule has 1 fully saturated rings. The lowest BCUT2D eigenvalue weighted by Gasteiger charge is -2.26. The number of pyridine rings is 1. The van der Waals surface area contributed by atoms with E-state index in [0.717, 1.165) is 10.8 Å². The van der Waals surface area contributed by atoms with E-state index in [9.17, 15) is 14.7 Å². The zero-order valence-electron chi connectivity index (χ0n) is 18.4. The molecule has 1 aliphatic rings. The number of hydrogen-bond acceptors (Lipinski definition) is 5. The van der Waals surface area contributed by atoms with Gasteiger partial charge in [0.25, 0.3) is 11.7 Å². The van der Waals surface area contributed by atoms with Gasteiger partial charge >= 0.3 is 0 Å². The SMILES string of the molecule is COc1c(Cl)cc(/C(O)=C2\C(=O)C(=O)N(c3cccc4ccccc34)C2c2ccccn2)cc1Cl. The Morgan fingerprint density at radius 2 is 1.66 bits per heavy atom. The molecule has 0 radical (unpaired) electrons. The van der Waals surface area contributed by atoms with Crippen LogP contribution in [0.3, 0.4) is 0 Å². The quantitative estimate of drug-likeness (QED) is 0.204. The molecule has 1 amide bonds. The molecule has 35 heavy (non-hydrogen) atoms. The Morgan fingerprint density at radius 1 is 0.971 bits per heavy atom. The standard InChI is InChI=1S/C27H18Cl2N2O4/c1-35-26-18(28)13-16(14-19(26)29)24(32)22-23(20-10-4-5-12-30-20)31(27(34)25(22)33)21-11-6-8-15-7-2-3-9-17(15)21/h2-14,23,32H,1H3/b24-22+. The Hall–Kier alpha value is -3.87. The maximum atomic E-state index is 13.4. The predicted octanol–water partition coefficient (Wildman–Crippen LogP) is 6.18. The van der Waals surface area contributed by atoms with Crippen molar-refractivity contribution in [2.75, 3.05) is 12.0 Å². The summed E-state index contributed by atoms with van der Waals surface area (Å²) in [6.07, 6.45) is 1.57. The molecular formula is C27H18Cl2N2O4. The third-order valence-electron chi connectivity index (χ3n) is 5.91. The minimum absolute atomic E-state index is 0.112. The second kappa shape index (κ2) is 9.06. The first-order valence-corrected chi connectivity index (χ1v) is 11.4. The van der Waals surface area contributed by atoms with Crippen molar-refractivity contribution in [3.8, 4) is 5.75 Å². The molecule has 2 heterocycles. The smallest absolute Gasteiger partial charge is 0.300 e. The summed E-state index contributed by atoms with van der Waals surface area (Å²) in [6, 6.07) is 20.2. The number of nitrogens with zero attached hydrogens (tertiary/aromatic N) is 2. The summed E-state index contributed by atoms with van der Waals surface area (Å²) in [5.74, 6) is -1.78. The van der Waals surface area contributed by atoms with Gasteiger partial charge in [-0.1, -0.05) is 65.7 Å². The van der Waals surface area contributed by atoms with E-state index < -0.39 is 23.5 Å². The maximum Gasteiger partial charge on any atom is 0.300 e. The molecule has 1 N–H and O–H groups in total. The highest BCUT2D eigenvalue weighted by Crippen LogP contribution is 2.44. The van der Waals surface area contributed by atoms with Gasteiger partial charge in [-0.2, -0.15) is 0 Å². The fourth-order valence-electron chi connectivity index (χ4n) is 4.36. The number of aromatic nitrogens is 1. The molecule has 0 saturated carbocycles. The molecule has 0 bridgehead atoms. The first kappa shape index (κ1) is 22.9. The zero-order valence-corrected chi connectivity index (χ0v) is 19.9. The van der Waals surface area contributed by atoms with Gasteiger partial charge in [0.05, 0.1) is 34.1 Å². The monoisotopic (exact) mass is 504 g/mol. The summed E-state index contributed by atoms with van der Waals surface area (Å²) in [7, 11) is 1.42. The van der Waals surface area contributed by atoms with E-state index in [4.69, 9.17) is 27.9 Å². The Kier molecular flexibility index (Phi) is 5.93. The Balaban J connectivity index is 1.77. The number of ketones is 1. The lowest BCUT2D eigenvalue weighted by Crippen LogP contribution is -2.30. The van der Waals surface area contributed by atoms with Crippen LogP contribution in [0.5, 0.6) is 5.75 Å². The molecule has 0 spiro atoms. The van der Waals surface area contributed by atoms with Gasteiger partial charge in [0, 0.05) is 17.1 Å². The van der Waals surface area contributed by atoms with Crippen molar-refractivity contribution in [1.82, 2.24) is 4.98 Å². The highest BCUT2D eigenvalue weighted by molar-refractivity contribution is 6.52. The number of carbonyl (C=O) groups excluding carboxylic acids is 2. The van der Waals surface area contributed by atoms with Crippen LogP contribution >= 0.6 is 23.2 Å². The summed E-state index contributed by atoms with van der Waals surface area (Å²) < 4.78 is 5.18. The van der Waals surface area contributed by atoms with Gasteiger partial charge in [0.15, 0.2) is 5.75 Å². The fraction of sp³-hybridized carbons (Fsp3) is 0.0741. The molecule has 1 aliphatic heterocycles. The van der Waals surface area contributed by atoms with Crippen LogP contribution in [-0.2, 0) is 9.59 Å². The molecule has 4 aromatic rings. The summed E-state index contributed by atoms with van der Waals surface area (Å²) in [4.78, 5) is 32.6. The van der Waals surface area contributed by atoms with Gasteiger partial charge in [-0.15, -0.1) is 0 Å². The molecule has 8 heteroatoms. The summed E-state index contributed by atoms with van der Waals surface area (Å²) in [5, 5.41) is 13.3. The van der Waals surface area contributed by atoms with Gasteiger partial charge in [0.1, 0.15) is 11.8 Å². The Bertz CT molecular complexity index is 1490. The van der Waals surface area contributed by atoms with Crippen molar-refractivity contribution in [3.63, 3.8) is 0 Å². The van der Waals surface area contributed by atoms with Crippen LogP contribution in [0.2, 0.25) is 10.0 Å². The first-order valence-electron chi connectivity index (χ1n) is 10.7. The highest BCUT2D eigenvalue weighted by atomic mass is 35.5. The molecule has 3 aromatic carbocycles. The summed E-state index contributed by atoms with van der Waals surface area (Å²) in [6.45, 7) is 0. The maximum absolute atomic E-state index is 13.4. The van der Waals surface area contributed by atoms with E-state index in [1.807, 2.05) is 36.4 Å². The number of halogens is 2. The first-order chi connectivity index (χ1) is 16.9. The van der Waals surface area contributed by atoms with Gasteiger partial charge in [-0.3, -0.25) is 19.5 Å². The summed E-state index contributed by atoms with van der Waals surface area (Å²) >= 11 is 12.6. The van der Waals surface area contributed by atoms with Crippen LogP contribution in [0.4, 0.5) is 5.69 Å². The number of aliphatic hydroxyl groups is 1. The van der Waals surface area contributed by atoms with Crippen LogP contribution in [0, 0.1) is 0 Å². The lowest BCUT2D eigenvalue weighted by atomic mass is 9.97. The Labute approximate surface area is 211 Å². The van der Waals surface area contributed by atoms with Crippen molar-refractivity contribution in [1.29, 1.82) is 0 Å². The van der Waals surface area contributed by atoms with Crippen molar-refractivity contribution >= 4 is 57.1 Å². The highest BCUT2D eigenvalue weighted by Gasteiger charge is 2.48. The van der Waals surface area contributed by atoms with E-state index >= 15 is 0 Å². The Morgan fingerprint density at radius 3 is 2.34 bits per heavy atom. The van der Waals surface area contributed by atoms with E-state index in [-0.39, 0.29) is 26.9 Å². The van der Waals surface area contributed by atoms with Crippen LogP contribution in [-0.4, -0.2) is 28.9 Å². The second-order valence-electron chi connectivity index (χ2n) is 7.90. The molecular weight excluding hydrogens is 487 g/mol. The van der Waals surface area contributed by atoms with Crippen LogP contribution in [0.1, 0.15) is 17.3 Å². The number of rotatable bonds is 4. The molecule has 1 atom stereocenters.